The quantitative estimate of drug-likeness (QED) is 0.377. The first-order valence-corrected chi connectivity index (χ1v) is 7.31. The lowest BCUT2D eigenvalue weighted by atomic mass is 10.5. The maximum atomic E-state index is 11.9. The average molecular weight is 279 g/mol. The molecule has 0 aromatic rings. The van der Waals surface area contributed by atoms with Gasteiger partial charge < -0.3 is 9.63 Å². The maximum Gasteiger partial charge on any atom is 0.340 e. The van der Waals surface area contributed by atoms with Crippen molar-refractivity contribution in [3.8, 4) is 0 Å². The molecule has 0 heterocycles. The molecule has 0 saturated carbocycles. The smallest absolute Gasteiger partial charge is 0.340 e. The lowest BCUT2D eigenvalue weighted by Crippen LogP contribution is -2.29. The van der Waals surface area contributed by atoms with Crippen molar-refractivity contribution >= 4 is 30.9 Å². The van der Waals surface area contributed by atoms with E-state index in [4.69, 9.17) is 38.3 Å². The molecular formula is C7H17Cl2N2O3P. The van der Waals surface area contributed by atoms with Gasteiger partial charge in [-0.3, -0.25) is 4.57 Å². The van der Waals surface area contributed by atoms with Crippen LogP contribution in [0.2, 0.25) is 0 Å². The third kappa shape index (κ3) is 6.74. The third-order valence-corrected chi connectivity index (χ3v) is 3.74. The molecule has 0 aliphatic carbocycles. The molecule has 0 rings (SSSR count). The van der Waals surface area contributed by atoms with E-state index in [1.807, 2.05) is 0 Å². The van der Waals surface area contributed by atoms with E-state index in [1.54, 1.807) is 0 Å². The third-order valence-electron chi connectivity index (χ3n) is 1.66. The van der Waals surface area contributed by atoms with Gasteiger partial charge in [0.1, 0.15) is 0 Å². The fraction of sp³-hybridized carbons (Fsp3) is 1.00. The summed E-state index contributed by atoms with van der Waals surface area (Å²) < 4.78 is 18.3. The molecule has 0 aliphatic rings. The number of nitrogens with two attached hydrogens (primary N) is 1. The van der Waals surface area contributed by atoms with Gasteiger partial charge >= 0.3 is 7.67 Å². The van der Waals surface area contributed by atoms with Crippen LogP contribution in [0.25, 0.3) is 0 Å². The Morgan fingerprint density at radius 2 is 1.87 bits per heavy atom. The van der Waals surface area contributed by atoms with Crippen molar-refractivity contribution in [1.82, 2.24) is 4.67 Å². The standard InChI is InChI=1S/C7H17Cl2N2O3P/c8-2-4-11(5-3-9)15(10,13)14-7-1-6-12/h12H,1-7H2,(H2,10,13)/t15-/m1/s1. The van der Waals surface area contributed by atoms with E-state index in [1.165, 1.54) is 4.67 Å². The number of aliphatic hydroxyl groups excluding tert-OH is 1. The molecule has 0 saturated heterocycles. The zero-order valence-electron chi connectivity index (χ0n) is 8.44. The molecule has 0 fully saturated rings. The van der Waals surface area contributed by atoms with Crippen molar-refractivity contribution in [3.05, 3.63) is 0 Å². The minimum atomic E-state index is -3.31. The Kier molecular flexibility index (Phi) is 9.14. The lowest BCUT2D eigenvalue weighted by Gasteiger charge is -2.26. The molecule has 0 amide bonds. The van der Waals surface area contributed by atoms with E-state index in [2.05, 4.69) is 0 Å². The Labute approximate surface area is 100 Å². The first-order chi connectivity index (χ1) is 7.08. The van der Waals surface area contributed by atoms with Gasteiger partial charge in [-0.15, -0.1) is 23.2 Å². The Balaban J connectivity index is 4.15. The highest BCUT2D eigenvalue weighted by Gasteiger charge is 2.25. The highest BCUT2D eigenvalue weighted by Crippen LogP contribution is 2.42. The number of aliphatic hydroxyl groups is 1. The second kappa shape index (κ2) is 8.76. The minimum absolute atomic E-state index is 0.0228. The molecule has 0 spiro atoms. The molecule has 15 heavy (non-hydrogen) atoms. The van der Waals surface area contributed by atoms with Crippen LogP contribution in [0.3, 0.4) is 0 Å². The summed E-state index contributed by atoms with van der Waals surface area (Å²) >= 11 is 11.1. The first-order valence-electron chi connectivity index (χ1n) is 4.60. The largest absolute Gasteiger partial charge is 0.396 e. The molecule has 8 heteroatoms. The molecule has 5 nitrogen and oxygen atoms in total. The van der Waals surface area contributed by atoms with Gasteiger partial charge in [0.2, 0.25) is 0 Å². The number of nitrogens with zero attached hydrogens (tertiary/aromatic N) is 1. The molecule has 0 unspecified atom stereocenters. The minimum Gasteiger partial charge on any atom is -0.396 e. The van der Waals surface area contributed by atoms with E-state index in [9.17, 15) is 4.57 Å². The summed E-state index contributed by atoms with van der Waals surface area (Å²) in [5.74, 6) is 0.614. The second-order valence-electron chi connectivity index (χ2n) is 2.81. The molecule has 0 aliphatic heterocycles. The molecule has 3 N–H and O–H groups in total. The van der Waals surface area contributed by atoms with Crippen molar-refractivity contribution in [3.63, 3.8) is 0 Å². The van der Waals surface area contributed by atoms with Gasteiger partial charge in [0, 0.05) is 31.5 Å². The fourth-order valence-corrected chi connectivity index (χ4v) is 2.88. The van der Waals surface area contributed by atoms with Crippen molar-refractivity contribution in [2.45, 2.75) is 6.42 Å². The van der Waals surface area contributed by atoms with Gasteiger partial charge in [0.15, 0.2) is 0 Å². The molecular weight excluding hydrogens is 262 g/mol. The SMILES string of the molecule is N[P@@](=O)(OCCCO)N(CCCl)CCCl. The maximum absolute atomic E-state index is 11.9. The Bertz CT molecular complexity index is 203. The van der Waals surface area contributed by atoms with Gasteiger partial charge in [-0.1, -0.05) is 0 Å². The second-order valence-corrected chi connectivity index (χ2v) is 5.51. The molecule has 0 bridgehead atoms. The van der Waals surface area contributed by atoms with Crippen LogP contribution in [0.1, 0.15) is 6.42 Å². The van der Waals surface area contributed by atoms with E-state index < -0.39 is 7.67 Å². The zero-order chi connectivity index (χ0) is 11.7. The summed E-state index contributed by atoms with van der Waals surface area (Å²) in [5.41, 5.74) is 5.53. The monoisotopic (exact) mass is 278 g/mol. The lowest BCUT2D eigenvalue weighted by molar-refractivity contribution is 0.218. The highest BCUT2D eigenvalue weighted by molar-refractivity contribution is 7.53. The fourth-order valence-electron chi connectivity index (χ4n) is 0.927. The van der Waals surface area contributed by atoms with Gasteiger partial charge in [0.25, 0.3) is 0 Å². The predicted octanol–water partition coefficient (Wildman–Crippen LogP) is 1.23. The number of hydrogen-bond acceptors (Lipinski definition) is 3. The number of hydrogen-bond donors (Lipinski definition) is 2. The summed E-state index contributed by atoms with van der Waals surface area (Å²) in [7, 11) is -3.31. The highest BCUT2D eigenvalue weighted by atomic mass is 35.5. The Morgan fingerprint density at radius 1 is 1.33 bits per heavy atom. The van der Waals surface area contributed by atoms with Gasteiger partial charge in [-0.25, -0.2) is 10.2 Å². The van der Waals surface area contributed by atoms with Crippen molar-refractivity contribution < 1.29 is 14.2 Å². The van der Waals surface area contributed by atoms with Crippen molar-refractivity contribution in [2.75, 3.05) is 38.1 Å². The van der Waals surface area contributed by atoms with E-state index in [0.717, 1.165) is 0 Å². The van der Waals surface area contributed by atoms with Gasteiger partial charge in [-0.2, -0.15) is 0 Å². The summed E-state index contributed by atoms with van der Waals surface area (Å²) in [6.45, 7) is 0.860. The van der Waals surface area contributed by atoms with Crippen LogP contribution in [-0.2, 0) is 9.09 Å². The Morgan fingerprint density at radius 3 is 2.27 bits per heavy atom. The van der Waals surface area contributed by atoms with Gasteiger partial charge in [0.05, 0.1) is 6.61 Å². The molecule has 1 atom stereocenters. The van der Waals surface area contributed by atoms with Crippen LogP contribution in [0, 0.1) is 0 Å². The van der Waals surface area contributed by atoms with E-state index >= 15 is 0 Å². The summed E-state index contributed by atoms with van der Waals surface area (Å²) in [5, 5.41) is 8.54. The normalized spacial score (nSPS) is 15.5. The summed E-state index contributed by atoms with van der Waals surface area (Å²) in [6, 6.07) is 0. The van der Waals surface area contributed by atoms with Crippen molar-refractivity contribution in [1.29, 1.82) is 0 Å². The Hall–Kier alpha value is 0.650. The summed E-state index contributed by atoms with van der Waals surface area (Å²) in [4.78, 5) is 0. The van der Waals surface area contributed by atoms with Crippen molar-refractivity contribution in [2.24, 2.45) is 5.50 Å². The van der Waals surface area contributed by atoms with Gasteiger partial charge in [-0.05, 0) is 6.42 Å². The number of rotatable bonds is 9. The average Bonchev–Trinajstić information content (AvgIpc) is 2.18. The van der Waals surface area contributed by atoms with Crippen LogP contribution in [-0.4, -0.2) is 47.8 Å². The van der Waals surface area contributed by atoms with Crippen LogP contribution in [0.4, 0.5) is 0 Å². The van der Waals surface area contributed by atoms with Crippen LogP contribution < -0.4 is 5.50 Å². The van der Waals surface area contributed by atoms with Crippen LogP contribution >= 0.6 is 30.9 Å². The predicted molar refractivity (Wildman–Crippen MR) is 62.5 cm³/mol. The number of alkyl halides is 2. The number of halogens is 2. The zero-order valence-corrected chi connectivity index (χ0v) is 10.8. The van der Waals surface area contributed by atoms with E-state index in [-0.39, 0.29) is 13.2 Å². The van der Waals surface area contributed by atoms with E-state index in [0.29, 0.717) is 31.3 Å². The molecule has 0 radical (unpaired) electrons. The van der Waals surface area contributed by atoms with Crippen LogP contribution in [0.15, 0.2) is 0 Å². The molecule has 92 valence electrons. The summed E-state index contributed by atoms with van der Waals surface area (Å²) in [6.07, 6.45) is 0.400. The topological polar surface area (TPSA) is 75.8 Å². The van der Waals surface area contributed by atoms with Crippen LogP contribution in [0.5, 0.6) is 0 Å². The molecule has 0 aromatic heterocycles. The first kappa shape index (κ1) is 15.7. The molecule has 0 aromatic carbocycles.